The summed E-state index contributed by atoms with van der Waals surface area (Å²) in [6.07, 6.45) is 4.28. The molecule has 0 atom stereocenters. The molecule has 0 bridgehead atoms. The van der Waals surface area contributed by atoms with Crippen LogP contribution >= 0.6 is 0 Å². The Morgan fingerprint density at radius 3 is 2.71 bits per heavy atom. The molecule has 0 aromatic heterocycles. The van der Waals surface area contributed by atoms with E-state index in [2.05, 4.69) is 0 Å². The molecule has 0 aliphatic heterocycles. The number of nitrogens with zero attached hydrogens (tertiary/aromatic N) is 2. The number of hydrogen-bond donors (Lipinski definition) is 1. The van der Waals surface area contributed by atoms with Crippen LogP contribution < -0.4 is 9.64 Å². The lowest BCUT2D eigenvalue weighted by atomic mass is 10.1. The minimum absolute atomic E-state index is 0.000278. The molecular formula is C15H22N2O4. The van der Waals surface area contributed by atoms with Crippen molar-refractivity contribution >= 4 is 11.4 Å². The zero-order valence-corrected chi connectivity index (χ0v) is 12.3. The summed E-state index contributed by atoms with van der Waals surface area (Å²) in [6.45, 7) is 2.57. The first-order valence-electron chi connectivity index (χ1n) is 7.46. The van der Waals surface area contributed by atoms with E-state index in [0.29, 0.717) is 24.6 Å². The van der Waals surface area contributed by atoms with Crippen LogP contribution in [0.5, 0.6) is 5.75 Å². The molecule has 1 aromatic rings. The summed E-state index contributed by atoms with van der Waals surface area (Å²) in [5.74, 6) is 0.293. The molecule has 21 heavy (non-hydrogen) atoms. The van der Waals surface area contributed by atoms with Crippen molar-refractivity contribution in [2.75, 3.05) is 24.7 Å². The third-order valence-electron chi connectivity index (χ3n) is 3.88. The van der Waals surface area contributed by atoms with Crippen molar-refractivity contribution in [1.82, 2.24) is 0 Å². The number of nitro benzene ring substituents is 1. The molecule has 6 heteroatoms. The second-order valence-electron chi connectivity index (χ2n) is 5.17. The van der Waals surface area contributed by atoms with Gasteiger partial charge in [-0.15, -0.1) is 0 Å². The SMILES string of the molecule is CCOc1cccc(N(CCO)C2CCCC2)c1[N+](=O)[O-]. The number of nitro groups is 1. The number of ether oxygens (including phenoxy) is 1. The van der Waals surface area contributed by atoms with Crippen molar-refractivity contribution in [1.29, 1.82) is 0 Å². The van der Waals surface area contributed by atoms with E-state index in [9.17, 15) is 15.2 Å². The molecule has 1 aliphatic rings. The second kappa shape index (κ2) is 7.26. The fraction of sp³-hybridized carbons (Fsp3) is 0.600. The summed E-state index contributed by atoms with van der Waals surface area (Å²) in [7, 11) is 0. The van der Waals surface area contributed by atoms with Crippen molar-refractivity contribution in [3.63, 3.8) is 0 Å². The quantitative estimate of drug-likeness (QED) is 0.618. The Morgan fingerprint density at radius 2 is 2.14 bits per heavy atom. The topological polar surface area (TPSA) is 75.8 Å². The Labute approximate surface area is 124 Å². The highest BCUT2D eigenvalue weighted by molar-refractivity contribution is 5.70. The minimum Gasteiger partial charge on any atom is -0.487 e. The van der Waals surface area contributed by atoms with E-state index in [1.165, 1.54) is 0 Å². The number of aliphatic hydroxyl groups excluding tert-OH is 1. The number of hydrogen-bond acceptors (Lipinski definition) is 5. The molecule has 116 valence electrons. The van der Waals surface area contributed by atoms with Gasteiger partial charge in [0, 0.05) is 12.6 Å². The minimum atomic E-state index is -0.389. The first kappa shape index (κ1) is 15.6. The Balaban J connectivity index is 2.42. The highest BCUT2D eigenvalue weighted by Gasteiger charge is 2.30. The van der Waals surface area contributed by atoms with E-state index in [1.54, 1.807) is 25.1 Å². The average Bonchev–Trinajstić information content (AvgIpc) is 2.98. The zero-order valence-electron chi connectivity index (χ0n) is 12.3. The smallest absolute Gasteiger partial charge is 0.333 e. The maximum Gasteiger partial charge on any atom is 0.333 e. The lowest BCUT2D eigenvalue weighted by Crippen LogP contribution is -2.36. The summed E-state index contributed by atoms with van der Waals surface area (Å²) in [4.78, 5) is 13.1. The van der Waals surface area contributed by atoms with Crippen LogP contribution in [0.2, 0.25) is 0 Å². The molecular weight excluding hydrogens is 272 g/mol. The van der Waals surface area contributed by atoms with E-state index in [-0.39, 0.29) is 23.3 Å². The van der Waals surface area contributed by atoms with E-state index in [1.807, 2.05) is 4.90 Å². The van der Waals surface area contributed by atoms with Crippen molar-refractivity contribution < 1.29 is 14.8 Å². The second-order valence-corrected chi connectivity index (χ2v) is 5.17. The molecule has 0 unspecified atom stereocenters. The van der Waals surface area contributed by atoms with Gasteiger partial charge < -0.3 is 14.7 Å². The average molecular weight is 294 g/mol. The Kier molecular flexibility index (Phi) is 5.38. The van der Waals surface area contributed by atoms with E-state index < -0.39 is 0 Å². The predicted octanol–water partition coefficient (Wildman–Crippen LogP) is 2.73. The van der Waals surface area contributed by atoms with Gasteiger partial charge >= 0.3 is 5.69 Å². The van der Waals surface area contributed by atoms with Crippen LogP contribution in [0.15, 0.2) is 18.2 Å². The highest BCUT2D eigenvalue weighted by atomic mass is 16.6. The summed E-state index contributed by atoms with van der Waals surface area (Å²) >= 11 is 0. The molecule has 1 saturated carbocycles. The molecule has 1 aliphatic carbocycles. The highest BCUT2D eigenvalue weighted by Crippen LogP contribution is 2.40. The number of rotatable bonds is 7. The number of para-hydroxylation sites is 1. The maximum atomic E-state index is 11.5. The molecule has 0 amide bonds. The van der Waals surface area contributed by atoms with E-state index in [4.69, 9.17) is 4.74 Å². The molecule has 1 aromatic carbocycles. The van der Waals surface area contributed by atoms with Crippen LogP contribution in [0.3, 0.4) is 0 Å². The lowest BCUT2D eigenvalue weighted by Gasteiger charge is -2.30. The summed E-state index contributed by atoms with van der Waals surface area (Å²) in [5, 5.41) is 20.8. The number of anilines is 1. The third-order valence-corrected chi connectivity index (χ3v) is 3.88. The third kappa shape index (κ3) is 3.44. The number of aliphatic hydroxyl groups is 1. The van der Waals surface area contributed by atoms with Crippen LogP contribution in [0.1, 0.15) is 32.6 Å². The van der Waals surface area contributed by atoms with Crippen molar-refractivity contribution in [3.05, 3.63) is 28.3 Å². The largest absolute Gasteiger partial charge is 0.487 e. The first-order chi connectivity index (χ1) is 10.2. The van der Waals surface area contributed by atoms with E-state index in [0.717, 1.165) is 25.7 Å². The van der Waals surface area contributed by atoms with Crippen LogP contribution in [-0.2, 0) is 0 Å². The summed E-state index contributed by atoms with van der Waals surface area (Å²) < 4.78 is 5.40. The van der Waals surface area contributed by atoms with Crippen molar-refractivity contribution in [2.24, 2.45) is 0 Å². The van der Waals surface area contributed by atoms with Gasteiger partial charge in [-0.3, -0.25) is 10.1 Å². The molecule has 1 N–H and O–H groups in total. The van der Waals surface area contributed by atoms with Crippen molar-refractivity contribution in [3.8, 4) is 5.75 Å². The summed E-state index contributed by atoms with van der Waals surface area (Å²) in [5.41, 5.74) is 0.548. The molecule has 0 spiro atoms. The van der Waals surface area contributed by atoms with Crippen LogP contribution in [-0.4, -0.2) is 35.8 Å². The molecule has 0 radical (unpaired) electrons. The van der Waals surface area contributed by atoms with Gasteiger partial charge in [0.25, 0.3) is 0 Å². The Hall–Kier alpha value is -1.82. The summed E-state index contributed by atoms with van der Waals surface area (Å²) in [6, 6.07) is 5.39. The fourth-order valence-corrected chi connectivity index (χ4v) is 3.02. The molecule has 0 saturated heterocycles. The van der Waals surface area contributed by atoms with Gasteiger partial charge in [0.05, 0.1) is 18.1 Å². The van der Waals surface area contributed by atoms with Gasteiger partial charge in [0.1, 0.15) is 5.69 Å². The Bertz CT molecular complexity index is 487. The van der Waals surface area contributed by atoms with Gasteiger partial charge in [-0.1, -0.05) is 18.9 Å². The standard InChI is InChI=1S/C15H22N2O4/c1-2-21-14-9-5-8-13(15(14)17(19)20)16(10-11-18)12-6-3-4-7-12/h5,8-9,12,18H,2-4,6-7,10-11H2,1H3. The number of benzene rings is 1. The van der Waals surface area contributed by atoms with Gasteiger partial charge in [-0.05, 0) is 31.9 Å². The van der Waals surface area contributed by atoms with Gasteiger partial charge in [-0.25, -0.2) is 0 Å². The predicted molar refractivity (Wildman–Crippen MR) is 81.0 cm³/mol. The lowest BCUT2D eigenvalue weighted by molar-refractivity contribution is -0.385. The van der Waals surface area contributed by atoms with E-state index >= 15 is 0 Å². The van der Waals surface area contributed by atoms with Crippen molar-refractivity contribution in [2.45, 2.75) is 38.6 Å². The molecule has 6 nitrogen and oxygen atoms in total. The monoisotopic (exact) mass is 294 g/mol. The zero-order chi connectivity index (χ0) is 15.2. The molecule has 0 heterocycles. The first-order valence-corrected chi connectivity index (χ1v) is 7.46. The van der Waals surface area contributed by atoms with Gasteiger partial charge in [0.2, 0.25) is 0 Å². The maximum absolute atomic E-state index is 11.5. The van der Waals surface area contributed by atoms with Crippen LogP contribution in [0.25, 0.3) is 0 Å². The fourth-order valence-electron chi connectivity index (χ4n) is 3.02. The Morgan fingerprint density at radius 1 is 1.43 bits per heavy atom. The van der Waals surface area contributed by atoms with Crippen LogP contribution in [0.4, 0.5) is 11.4 Å². The van der Waals surface area contributed by atoms with Gasteiger partial charge in [0.15, 0.2) is 5.75 Å². The van der Waals surface area contributed by atoms with Gasteiger partial charge in [-0.2, -0.15) is 0 Å². The molecule has 1 fully saturated rings. The molecule has 2 rings (SSSR count). The van der Waals surface area contributed by atoms with Crippen LogP contribution in [0, 0.1) is 10.1 Å². The normalized spacial score (nSPS) is 15.1.